The molecule has 1 aliphatic heterocycles. The zero-order valence-electron chi connectivity index (χ0n) is 15.3. The highest BCUT2D eigenvalue weighted by molar-refractivity contribution is 7.80. The van der Waals surface area contributed by atoms with Gasteiger partial charge in [0, 0.05) is 23.3 Å². The van der Waals surface area contributed by atoms with E-state index in [1.54, 1.807) is 6.20 Å². The number of hydrogen-bond acceptors (Lipinski definition) is 4. The van der Waals surface area contributed by atoms with Gasteiger partial charge in [0.15, 0.2) is 5.11 Å². The molecule has 144 valence electrons. The molecule has 0 amide bonds. The SMILES string of the molecule is Cc1ccc(-c2ccc([C@H]3[C@@H](c4ccccn4)NC(=S)N3CCO)o2)cc1Cl. The number of nitrogens with one attached hydrogen (secondary N) is 1. The number of aryl methyl sites for hydroxylation is 1. The lowest BCUT2D eigenvalue weighted by molar-refractivity contribution is 0.209. The Bertz CT molecular complexity index is 992. The Kier molecular flexibility index (Phi) is 5.35. The summed E-state index contributed by atoms with van der Waals surface area (Å²) in [6, 6.07) is 15.2. The van der Waals surface area contributed by atoms with Crippen LogP contribution < -0.4 is 5.32 Å². The number of aliphatic hydroxyl groups is 1. The van der Waals surface area contributed by atoms with Crippen LogP contribution in [0.2, 0.25) is 5.02 Å². The number of nitrogens with zero attached hydrogens (tertiary/aromatic N) is 2. The first-order valence-corrected chi connectivity index (χ1v) is 9.82. The lowest BCUT2D eigenvalue weighted by Gasteiger charge is -2.25. The largest absolute Gasteiger partial charge is 0.459 e. The quantitative estimate of drug-likeness (QED) is 0.609. The van der Waals surface area contributed by atoms with Crippen molar-refractivity contribution in [2.24, 2.45) is 0 Å². The van der Waals surface area contributed by atoms with Crippen LogP contribution in [0.15, 0.2) is 59.1 Å². The van der Waals surface area contributed by atoms with E-state index in [9.17, 15) is 5.11 Å². The predicted octanol–water partition coefficient (Wildman–Crippen LogP) is 4.27. The molecule has 3 heterocycles. The maximum atomic E-state index is 9.52. The first kappa shape index (κ1) is 18.9. The van der Waals surface area contributed by atoms with Gasteiger partial charge in [-0.25, -0.2) is 0 Å². The molecule has 7 heteroatoms. The number of aromatic nitrogens is 1. The van der Waals surface area contributed by atoms with E-state index in [4.69, 9.17) is 28.2 Å². The number of benzene rings is 1. The van der Waals surface area contributed by atoms with Crippen molar-refractivity contribution in [3.63, 3.8) is 0 Å². The van der Waals surface area contributed by atoms with E-state index in [0.29, 0.717) is 16.7 Å². The molecular weight excluding hydrogens is 394 g/mol. The highest BCUT2D eigenvalue weighted by Gasteiger charge is 2.41. The van der Waals surface area contributed by atoms with Crippen molar-refractivity contribution in [2.45, 2.75) is 19.0 Å². The molecule has 1 fully saturated rings. The van der Waals surface area contributed by atoms with Crippen LogP contribution in [0.1, 0.15) is 29.1 Å². The lowest BCUT2D eigenvalue weighted by atomic mass is 10.0. The molecule has 4 rings (SSSR count). The monoisotopic (exact) mass is 413 g/mol. The molecule has 0 unspecified atom stereocenters. The first-order valence-electron chi connectivity index (χ1n) is 9.03. The van der Waals surface area contributed by atoms with Crippen LogP contribution in [0.3, 0.4) is 0 Å². The molecule has 0 aliphatic carbocycles. The Morgan fingerprint density at radius 3 is 2.82 bits per heavy atom. The van der Waals surface area contributed by atoms with Crippen molar-refractivity contribution in [1.82, 2.24) is 15.2 Å². The van der Waals surface area contributed by atoms with Gasteiger partial charge in [0.05, 0.1) is 18.3 Å². The number of rotatable bonds is 5. The van der Waals surface area contributed by atoms with Crippen molar-refractivity contribution >= 4 is 28.9 Å². The smallest absolute Gasteiger partial charge is 0.170 e. The number of β-amino-alcohol motifs (C(OH)–C–C–N with tert-alkyl or cyclic N) is 1. The van der Waals surface area contributed by atoms with E-state index in [0.717, 1.165) is 28.3 Å². The van der Waals surface area contributed by atoms with Crippen LogP contribution in [0.4, 0.5) is 0 Å². The molecule has 5 nitrogen and oxygen atoms in total. The number of hydrogen-bond donors (Lipinski definition) is 2. The van der Waals surface area contributed by atoms with Crippen LogP contribution in [-0.2, 0) is 0 Å². The van der Waals surface area contributed by atoms with E-state index in [1.165, 1.54) is 0 Å². The van der Waals surface area contributed by atoms with Crippen molar-refractivity contribution in [3.05, 3.63) is 76.8 Å². The van der Waals surface area contributed by atoms with Gasteiger partial charge in [-0.3, -0.25) is 4.98 Å². The Labute approximate surface area is 174 Å². The highest BCUT2D eigenvalue weighted by atomic mass is 35.5. The minimum absolute atomic E-state index is 0.00556. The van der Waals surface area contributed by atoms with E-state index in [2.05, 4.69) is 10.3 Å². The standard InChI is InChI=1S/C21H20ClN3O2S/c1-13-5-6-14(12-15(13)22)17-7-8-18(27-17)20-19(16-4-2-3-9-23-16)24-21(28)25(20)10-11-26/h2-9,12,19-20,26H,10-11H2,1H3,(H,24,28)/t19-,20+/m1/s1. The van der Waals surface area contributed by atoms with E-state index in [-0.39, 0.29) is 18.7 Å². The van der Waals surface area contributed by atoms with Gasteiger partial charge < -0.3 is 19.7 Å². The zero-order chi connectivity index (χ0) is 19.7. The van der Waals surface area contributed by atoms with Crippen molar-refractivity contribution in [3.8, 4) is 11.3 Å². The third-order valence-corrected chi connectivity index (χ3v) is 5.67. The fourth-order valence-electron chi connectivity index (χ4n) is 3.48. The fraction of sp³-hybridized carbons (Fsp3) is 0.238. The molecule has 0 bridgehead atoms. The second-order valence-electron chi connectivity index (χ2n) is 6.71. The number of furan rings is 1. The molecule has 2 atom stereocenters. The first-order chi connectivity index (χ1) is 13.6. The second-order valence-corrected chi connectivity index (χ2v) is 7.50. The molecule has 0 saturated carbocycles. The molecule has 28 heavy (non-hydrogen) atoms. The maximum Gasteiger partial charge on any atom is 0.170 e. The van der Waals surface area contributed by atoms with Gasteiger partial charge in [0.25, 0.3) is 0 Å². The summed E-state index contributed by atoms with van der Waals surface area (Å²) in [5.74, 6) is 1.49. The summed E-state index contributed by atoms with van der Waals surface area (Å²) < 4.78 is 6.22. The van der Waals surface area contributed by atoms with Crippen LogP contribution in [-0.4, -0.2) is 33.3 Å². The Hall–Kier alpha value is -2.41. The van der Waals surface area contributed by atoms with Gasteiger partial charge in [-0.05, 0) is 55.0 Å². The zero-order valence-corrected chi connectivity index (χ0v) is 16.9. The average Bonchev–Trinajstić information content (AvgIpc) is 3.30. The van der Waals surface area contributed by atoms with Crippen LogP contribution in [0, 0.1) is 6.92 Å². The van der Waals surface area contributed by atoms with E-state index >= 15 is 0 Å². The van der Waals surface area contributed by atoms with Gasteiger partial charge in [-0.1, -0.05) is 29.8 Å². The summed E-state index contributed by atoms with van der Waals surface area (Å²) in [5.41, 5.74) is 2.80. The Morgan fingerprint density at radius 2 is 2.11 bits per heavy atom. The Morgan fingerprint density at radius 1 is 1.25 bits per heavy atom. The number of pyridine rings is 1. The topological polar surface area (TPSA) is 61.5 Å². The van der Waals surface area contributed by atoms with Gasteiger partial charge in [-0.2, -0.15) is 0 Å². The summed E-state index contributed by atoms with van der Waals surface area (Å²) in [5, 5.41) is 14.1. The minimum Gasteiger partial charge on any atom is -0.459 e. The van der Waals surface area contributed by atoms with Gasteiger partial charge in [0.2, 0.25) is 0 Å². The van der Waals surface area contributed by atoms with Crippen molar-refractivity contribution in [2.75, 3.05) is 13.2 Å². The molecule has 1 saturated heterocycles. The van der Waals surface area contributed by atoms with E-state index < -0.39 is 0 Å². The third-order valence-electron chi connectivity index (χ3n) is 4.91. The van der Waals surface area contributed by atoms with Crippen LogP contribution in [0.25, 0.3) is 11.3 Å². The number of halogens is 1. The molecule has 2 N–H and O–H groups in total. The molecular formula is C21H20ClN3O2S. The summed E-state index contributed by atoms with van der Waals surface area (Å²) >= 11 is 11.8. The van der Waals surface area contributed by atoms with Crippen LogP contribution in [0.5, 0.6) is 0 Å². The molecule has 3 aromatic rings. The molecule has 1 aromatic carbocycles. The van der Waals surface area contributed by atoms with Gasteiger partial charge >= 0.3 is 0 Å². The molecule has 2 aromatic heterocycles. The summed E-state index contributed by atoms with van der Waals surface area (Å²) in [6.45, 7) is 2.37. The van der Waals surface area contributed by atoms with Gasteiger partial charge in [-0.15, -0.1) is 0 Å². The average molecular weight is 414 g/mol. The van der Waals surface area contributed by atoms with E-state index in [1.807, 2.05) is 60.4 Å². The van der Waals surface area contributed by atoms with Gasteiger partial charge in [0.1, 0.15) is 17.6 Å². The number of aliphatic hydroxyl groups excluding tert-OH is 1. The van der Waals surface area contributed by atoms with Crippen LogP contribution >= 0.6 is 23.8 Å². The summed E-state index contributed by atoms with van der Waals surface area (Å²) in [6.07, 6.45) is 1.76. The fourth-order valence-corrected chi connectivity index (χ4v) is 3.99. The minimum atomic E-state index is -0.204. The summed E-state index contributed by atoms with van der Waals surface area (Å²) in [7, 11) is 0. The highest BCUT2D eigenvalue weighted by Crippen LogP contribution is 2.40. The number of thiocarbonyl (C=S) groups is 1. The second kappa shape index (κ2) is 7.91. The Balaban J connectivity index is 1.72. The third kappa shape index (κ3) is 3.51. The summed E-state index contributed by atoms with van der Waals surface area (Å²) in [4.78, 5) is 6.43. The lowest BCUT2D eigenvalue weighted by Crippen LogP contribution is -2.32. The molecule has 1 aliphatic rings. The van der Waals surface area contributed by atoms with Crippen molar-refractivity contribution < 1.29 is 9.52 Å². The van der Waals surface area contributed by atoms with Crippen molar-refractivity contribution in [1.29, 1.82) is 0 Å². The molecule has 0 radical (unpaired) electrons. The maximum absolute atomic E-state index is 9.52. The predicted molar refractivity (Wildman–Crippen MR) is 113 cm³/mol. The molecule has 0 spiro atoms. The normalized spacial score (nSPS) is 19.1.